The van der Waals surface area contributed by atoms with E-state index in [0.29, 0.717) is 17.0 Å². The lowest BCUT2D eigenvalue weighted by atomic mass is 10.2. The van der Waals surface area contributed by atoms with Gasteiger partial charge in [0.1, 0.15) is 5.82 Å². The van der Waals surface area contributed by atoms with Gasteiger partial charge in [-0.3, -0.25) is 4.79 Å². The molecule has 0 spiro atoms. The van der Waals surface area contributed by atoms with Crippen LogP contribution >= 0.6 is 23.5 Å². The Bertz CT molecular complexity index is 449. The van der Waals surface area contributed by atoms with E-state index in [-0.39, 0.29) is 5.56 Å². The minimum atomic E-state index is -0.0451. The van der Waals surface area contributed by atoms with Crippen LogP contribution in [0.1, 0.15) is 30.1 Å². The van der Waals surface area contributed by atoms with Crippen molar-refractivity contribution in [3.8, 4) is 0 Å². The molecule has 1 aliphatic heterocycles. The minimum absolute atomic E-state index is 0.0451. The Morgan fingerprint density at radius 3 is 3.00 bits per heavy atom. The number of rotatable bonds is 4. The molecule has 2 unspecified atom stereocenters. The van der Waals surface area contributed by atoms with E-state index in [1.165, 1.54) is 5.75 Å². The number of hydrogen-bond donors (Lipinski definition) is 2. The lowest BCUT2D eigenvalue weighted by molar-refractivity contribution is 0.716. The van der Waals surface area contributed by atoms with Gasteiger partial charge in [0.2, 0.25) is 0 Å². The van der Waals surface area contributed by atoms with Crippen LogP contribution in [0, 0.1) is 0 Å². The second-order valence-corrected chi connectivity index (χ2v) is 6.86. The molecule has 0 saturated carbocycles. The molecule has 0 bridgehead atoms. The lowest BCUT2D eigenvalue weighted by Crippen LogP contribution is -2.24. The SMILES string of the molecule is CCC1SCCSC1c1nc(CNC)cc(=O)[nH]1. The lowest BCUT2D eigenvalue weighted by Gasteiger charge is -2.29. The summed E-state index contributed by atoms with van der Waals surface area (Å²) in [6.07, 6.45) is 1.11. The highest BCUT2D eigenvalue weighted by Gasteiger charge is 2.28. The van der Waals surface area contributed by atoms with Gasteiger partial charge in [-0.15, -0.1) is 11.8 Å². The number of aromatic nitrogens is 2. The largest absolute Gasteiger partial charge is 0.314 e. The van der Waals surface area contributed by atoms with Crippen molar-refractivity contribution in [1.82, 2.24) is 15.3 Å². The highest BCUT2D eigenvalue weighted by Crippen LogP contribution is 2.42. The van der Waals surface area contributed by atoms with Crippen LogP contribution in [0.4, 0.5) is 0 Å². The molecule has 6 heteroatoms. The van der Waals surface area contributed by atoms with Crippen molar-refractivity contribution >= 4 is 23.5 Å². The van der Waals surface area contributed by atoms with Crippen LogP contribution in [0.2, 0.25) is 0 Å². The zero-order valence-corrected chi connectivity index (χ0v) is 12.4. The smallest absolute Gasteiger partial charge is 0.251 e. The average Bonchev–Trinajstić information content (AvgIpc) is 2.38. The summed E-state index contributed by atoms with van der Waals surface area (Å²) in [5, 5.41) is 3.91. The Kier molecular flexibility index (Phi) is 5.14. The molecule has 0 radical (unpaired) electrons. The first kappa shape index (κ1) is 14.0. The molecule has 2 atom stereocenters. The molecule has 1 fully saturated rings. The van der Waals surface area contributed by atoms with Gasteiger partial charge in [-0.25, -0.2) is 4.98 Å². The van der Waals surface area contributed by atoms with Crippen LogP contribution in [0.3, 0.4) is 0 Å². The fraction of sp³-hybridized carbons (Fsp3) is 0.667. The molecule has 1 aromatic rings. The molecule has 0 aromatic carbocycles. The summed E-state index contributed by atoms with van der Waals surface area (Å²) in [7, 11) is 1.86. The van der Waals surface area contributed by atoms with Gasteiger partial charge in [0, 0.05) is 29.4 Å². The molecule has 18 heavy (non-hydrogen) atoms. The Balaban J connectivity index is 2.27. The quantitative estimate of drug-likeness (QED) is 0.883. The van der Waals surface area contributed by atoms with Crippen molar-refractivity contribution in [2.75, 3.05) is 18.6 Å². The maximum atomic E-state index is 11.7. The molecular weight excluding hydrogens is 266 g/mol. The van der Waals surface area contributed by atoms with E-state index >= 15 is 0 Å². The van der Waals surface area contributed by atoms with Crippen molar-refractivity contribution in [2.24, 2.45) is 0 Å². The standard InChI is InChI=1S/C12H19N3OS2/c1-3-9-11(18-5-4-17-9)12-14-8(7-13-2)6-10(16)15-12/h6,9,11,13H,3-5,7H2,1-2H3,(H,14,15,16). The van der Waals surface area contributed by atoms with Crippen LogP contribution in [-0.4, -0.2) is 33.8 Å². The van der Waals surface area contributed by atoms with Gasteiger partial charge < -0.3 is 10.3 Å². The van der Waals surface area contributed by atoms with E-state index in [1.54, 1.807) is 6.07 Å². The number of nitrogens with one attached hydrogen (secondary N) is 2. The van der Waals surface area contributed by atoms with E-state index in [1.807, 2.05) is 30.6 Å². The Labute approximate surface area is 116 Å². The van der Waals surface area contributed by atoms with Crippen molar-refractivity contribution in [3.05, 3.63) is 27.9 Å². The third-order valence-corrected chi connectivity index (χ3v) is 6.15. The molecule has 2 rings (SSSR count). The fourth-order valence-corrected chi connectivity index (χ4v) is 5.11. The van der Waals surface area contributed by atoms with E-state index in [0.717, 1.165) is 23.7 Å². The highest BCUT2D eigenvalue weighted by atomic mass is 32.2. The first-order chi connectivity index (χ1) is 8.74. The second kappa shape index (κ2) is 6.63. The summed E-state index contributed by atoms with van der Waals surface area (Å²) in [5.41, 5.74) is 0.776. The molecular formula is C12H19N3OS2. The zero-order valence-electron chi connectivity index (χ0n) is 10.7. The highest BCUT2D eigenvalue weighted by molar-refractivity contribution is 8.06. The van der Waals surface area contributed by atoms with Crippen molar-refractivity contribution in [1.29, 1.82) is 0 Å². The molecule has 0 amide bonds. The third-order valence-electron chi connectivity index (χ3n) is 2.89. The second-order valence-electron chi connectivity index (χ2n) is 4.26. The molecule has 4 nitrogen and oxygen atoms in total. The van der Waals surface area contributed by atoms with Crippen molar-refractivity contribution < 1.29 is 0 Å². The normalized spacial score (nSPS) is 24.1. The van der Waals surface area contributed by atoms with Crippen LogP contribution in [0.15, 0.2) is 10.9 Å². The number of nitrogens with zero attached hydrogens (tertiary/aromatic N) is 1. The van der Waals surface area contributed by atoms with E-state index in [9.17, 15) is 4.79 Å². The number of H-pyrrole nitrogens is 1. The number of aromatic amines is 1. The number of thioether (sulfide) groups is 2. The fourth-order valence-electron chi connectivity index (χ4n) is 2.09. The molecule has 2 heterocycles. The van der Waals surface area contributed by atoms with Gasteiger partial charge >= 0.3 is 0 Å². The molecule has 100 valence electrons. The van der Waals surface area contributed by atoms with Crippen LogP contribution in [0.5, 0.6) is 0 Å². The molecule has 0 aliphatic carbocycles. The summed E-state index contributed by atoms with van der Waals surface area (Å²) in [5.74, 6) is 3.17. The van der Waals surface area contributed by atoms with E-state index in [4.69, 9.17) is 0 Å². The summed E-state index contributed by atoms with van der Waals surface area (Å²) in [6, 6.07) is 1.57. The van der Waals surface area contributed by atoms with Crippen LogP contribution in [0.25, 0.3) is 0 Å². The van der Waals surface area contributed by atoms with E-state index in [2.05, 4.69) is 22.2 Å². The zero-order chi connectivity index (χ0) is 13.0. The first-order valence-corrected chi connectivity index (χ1v) is 8.32. The van der Waals surface area contributed by atoms with Gasteiger partial charge in [0.25, 0.3) is 5.56 Å². The minimum Gasteiger partial charge on any atom is -0.314 e. The topological polar surface area (TPSA) is 57.8 Å². The maximum absolute atomic E-state index is 11.7. The molecule has 1 saturated heterocycles. The van der Waals surface area contributed by atoms with Gasteiger partial charge in [-0.05, 0) is 13.5 Å². The average molecular weight is 285 g/mol. The van der Waals surface area contributed by atoms with E-state index < -0.39 is 0 Å². The van der Waals surface area contributed by atoms with Crippen molar-refractivity contribution in [3.63, 3.8) is 0 Å². The monoisotopic (exact) mass is 285 g/mol. The molecule has 1 aliphatic rings. The maximum Gasteiger partial charge on any atom is 0.251 e. The Hall–Kier alpha value is -0.460. The van der Waals surface area contributed by atoms with Gasteiger partial charge in [-0.2, -0.15) is 11.8 Å². The van der Waals surface area contributed by atoms with Gasteiger partial charge in [-0.1, -0.05) is 6.92 Å². The predicted molar refractivity (Wildman–Crippen MR) is 79.4 cm³/mol. The summed E-state index contributed by atoms with van der Waals surface area (Å²) >= 11 is 3.90. The molecule has 1 aromatic heterocycles. The Morgan fingerprint density at radius 1 is 1.50 bits per heavy atom. The summed E-state index contributed by atoms with van der Waals surface area (Å²) in [6.45, 7) is 2.84. The summed E-state index contributed by atoms with van der Waals surface area (Å²) in [4.78, 5) is 19.2. The predicted octanol–water partition coefficient (Wildman–Crippen LogP) is 1.79. The first-order valence-electron chi connectivity index (χ1n) is 6.22. The van der Waals surface area contributed by atoms with Crippen molar-refractivity contribution in [2.45, 2.75) is 30.4 Å². The third kappa shape index (κ3) is 3.30. The number of hydrogen-bond acceptors (Lipinski definition) is 5. The van der Waals surface area contributed by atoms with Crippen LogP contribution < -0.4 is 10.9 Å². The van der Waals surface area contributed by atoms with Gasteiger partial charge in [0.05, 0.1) is 10.9 Å². The van der Waals surface area contributed by atoms with Gasteiger partial charge in [0.15, 0.2) is 0 Å². The van der Waals surface area contributed by atoms with Crippen LogP contribution in [-0.2, 0) is 6.54 Å². The Morgan fingerprint density at radius 2 is 2.28 bits per heavy atom. The molecule has 2 N–H and O–H groups in total. The summed E-state index contributed by atoms with van der Waals surface area (Å²) < 4.78 is 0.